The number of aryl methyl sites for hydroxylation is 2. The average Bonchev–Trinajstić information content (AvgIpc) is 2.80. The van der Waals surface area contributed by atoms with Crippen molar-refractivity contribution >= 4 is 40.9 Å². The molecule has 0 bridgehead atoms. The Morgan fingerprint density at radius 1 is 1.03 bits per heavy atom. The SMILES string of the molecule is CCOc1cc(/C=C(/C#N)C(=O)Nc2ccc(C)c(Cl)c2)cc(Cl)c1OCc1ccc(C)cc1. The van der Waals surface area contributed by atoms with Crippen LogP contribution >= 0.6 is 23.2 Å². The predicted molar refractivity (Wildman–Crippen MR) is 137 cm³/mol. The molecule has 3 aromatic rings. The molecule has 34 heavy (non-hydrogen) atoms. The second-order valence-electron chi connectivity index (χ2n) is 7.63. The first kappa shape index (κ1) is 25.2. The molecule has 0 radical (unpaired) electrons. The van der Waals surface area contributed by atoms with Crippen LogP contribution in [0.1, 0.15) is 29.2 Å². The monoisotopic (exact) mass is 494 g/mol. The van der Waals surface area contributed by atoms with Gasteiger partial charge in [-0.25, -0.2) is 0 Å². The quantitative estimate of drug-likeness (QED) is 0.267. The molecule has 1 amide bonds. The van der Waals surface area contributed by atoms with Gasteiger partial charge >= 0.3 is 0 Å². The van der Waals surface area contributed by atoms with Crippen molar-refractivity contribution in [3.05, 3.63) is 92.5 Å². The predicted octanol–water partition coefficient (Wildman–Crippen LogP) is 7.13. The molecule has 1 N–H and O–H groups in total. The van der Waals surface area contributed by atoms with Crippen LogP contribution in [-0.2, 0) is 11.4 Å². The second kappa shape index (κ2) is 11.6. The number of hydrogen-bond donors (Lipinski definition) is 1. The summed E-state index contributed by atoms with van der Waals surface area (Å²) in [4.78, 5) is 12.7. The average molecular weight is 495 g/mol. The Bertz CT molecular complexity index is 1260. The molecule has 0 fully saturated rings. The number of amides is 1. The minimum atomic E-state index is -0.559. The van der Waals surface area contributed by atoms with Crippen LogP contribution < -0.4 is 14.8 Å². The highest BCUT2D eigenvalue weighted by atomic mass is 35.5. The molecule has 0 unspecified atom stereocenters. The summed E-state index contributed by atoms with van der Waals surface area (Å²) in [5.41, 5.74) is 3.98. The van der Waals surface area contributed by atoms with Crippen LogP contribution in [-0.4, -0.2) is 12.5 Å². The van der Waals surface area contributed by atoms with Gasteiger partial charge in [-0.15, -0.1) is 0 Å². The third-order valence-corrected chi connectivity index (χ3v) is 5.63. The van der Waals surface area contributed by atoms with Crippen molar-refractivity contribution in [1.82, 2.24) is 0 Å². The molecule has 3 rings (SSSR count). The number of carbonyl (C=O) groups excluding carboxylic acids is 1. The van der Waals surface area contributed by atoms with Gasteiger partial charge in [0.1, 0.15) is 18.2 Å². The molecular formula is C27H24Cl2N2O3. The first-order valence-corrected chi connectivity index (χ1v) is 11.4. The van der Waals surface area contributed by atoms with Crippen LogP contribution in [0.4, 0.5) is 5.69 Å². The number of benzene rings is 3. The van der Waals surface area contributed by atoms with Gasteiger partial charge in [-0.05, 0) is 67.8 Å². The van der Waals surface area contributed by atoms with E-state index in [1.54, 1.807) is 30.3 Å². The number of rotatable bonds is 8. The number of hydrogen-bond acceptors (Lipinski definition) is 4. The lowest BCUT2D eigenvalue weighted by molar-refractivity contribution is -0.112. The largest absolute Gasteiger partial charge is 0.490 e. The lowest BCUT2D eigenvalue weighted by Crippen LogP contribution is -2.13. The van der Waals surface area contributed by atoms with Crippen molar-refractivity contribution in [3.63, 3.8) is 0 Å². The van der Waals surface area contributed by atoms with Gasteiger partial charge in [0.15, 0.2) is 11.5 Å². The molecule has 5 nitrogen and oxygen atoms in total. The molecule has 174 valence electrons. The smallest absolute Gasteiger partial charge is 0.266 e. The van der Waals surface area contributed by atoms with Gasteiger partial charge < -0.3 is 14.8 Å². The van der Waals surface area contributed by atoms with Gasteiger partial charge in [-0.3, -0.25) is 4.79 Å². The van der Waals surface area contributed by atoms with Crippen LogP contribution in [0.25, 0.3) is 6.08 Å². The van der Waals surface area contributed by atoms with Crippen molar-refractivity contribution in [1.29, 1.82) is 5.26 Å². The molecule has 0 atom stereocenters. The number of nitriles is 1. The first-order chi connectivity index (χ1) is 16.3. The van der Waals surface area contributed by atoms with E-state index in [1.807, 2.05) is 51.1 Å². The highest BCUT2D eigenvalue weighted by Gasteiger charge is 2.15. The molecule has 0 saturated heterocycles. The summed E-state index contributed by atoms with van der Waals surface area (Å²) in [6.45, 7) is 6.44. The molecule has 0 heterocycles. The van der Waals surface area contributed by atoms with Crippen LogP contribution in [0.2, 0.25) is 10.0 Å². The van der Waals surface area contributed by atoms with E-state index in [1.165, 1.54) is 6.08 Å². The van der Waals surface area contributed by atoms with Crippen LogP contribution in [0.15, 0.2) is 60.2 Å². The summed E-state index contributed by atoms with van der Waals surface area (Å²) >= 11 is 12.6. The van der Waals surface area contributed by atoms with Gasteiger partial charge in [-0.2, -0.15) is 5.26 Å². The Labute approximate surface area is 209 Å². The van der Waals surface area contributed by atoms with E-state index in [4.69, 9.17) is 32.7 Å². The molecule has 0 aliphatic rings. The summed E-state index contributed by atoms with van der Waals surface area (Å²) in [6.07, 6.45) is 1.45. The number of halogens is 2. The van der Waals surface area contributed by atoms with Crippen LogP contribution in [0.3, 0.4) is 0 Å². The molecule has 0 aliphatic carbocycles. The van der Waals surface area contributed by atoms with Crippen molar-refractivity contribution in [2.75, 3.05) is 11.9 Å². The fraction of sp³-hybridized carbons (Fsp3) is 0.185. The maximum Gasteiger partial charge on any atom is 0.266 e. The standard InChI is InChI=1S/C27H24Cl2N2O3/c1-4-33-25-13-20(12-24(29)26(25)34-16-19-8-5-17(2)6-9-19)11-21(15-30)27(32)31-22-10-7-18(3)23(28)14-22/h5-14H,4,16H2,1-3H3,(H,31,32)/b21-11-. The third kappa shape index (κ3) is 6.54. The lowest BCUT2D eigenvalue weighted by atomic mass is 10.1. The molecule has 0 aliphatic heterocycles. The zero-order valence-corrected chi connectivity index (χ0v) is 20.6. The lowest BCUT2D eigenvalue weighted by Gasteiger charge is -2.15. The van der Waals surface area contributed by atoms with Crippen molar-refractivity contribution < 1.29 is 14.3 Å². The van der Waals surface area contributed by atoms with E-state index in [2.05, 4.69) is 5.32 Å². The first-order valence-electron chi connectivity index (χ1n) is 10.6. The molecule has 0 spiro atoms. The maximum atomic E-state index is 12.7. The van der Waals surface area contributed by atoms with E-state index < -0.39 is 5.91 Å². The van der Waals surface area contributed by atoms with E-state index >= 15 is 0 Å². The number of anilines is 1. The summed E-state index contributed by atoms with van der Waals surface area (Å²) in [5, 5.41) is 13.1. The van der Waals surface area contributed by atoms with Gasteiger partial charge in [0.05, 0.1) is 11.6 Å². The molecule has 0 saturated carbocycles. The summed E-state index contributed by atoms with van der Waals surface area (Å²) in [6, 6.07) is 18.4. The number of ether oxygens (including phenoxy) is 2. The van der Waals surface area contributed by atoms with Crippen molar-refractivity contribution in [2.24, 2.45) is 0 Å². The fourth-order valence-corrected chi connectivity index (χ4v) is 3.55. The highest BCUT2D eigenvalue weighted by Crippen LogP contribution is 2.38. The normalized spacial score (nSPS) is 11.0. The topological polar surface area (TPSA) is 71.3 Å². The zero-order chi connectivity index (χ0) is 24.7. The zero-order valence-electron chi connectivity index (χ0n) is 19.1. The molecule has 3 aromatic carbocycles. The minimum Gasteiger partial charge on any atom is -0.490 e. The summed E-state index contributed by atoms with van der Waals surface area (Å²) in [5.74, 6) is 0.270. The highest BCUT2D eigenvalue weighted by molar-refractivity contribution is 6.32. The summed E-state index contributed by atoms with van der Waals surface area (Å²) < 4.78 is 11.7. The fourth-order valence-electron chi connectivity index (χ4n) is 3.10. The van der Waals surface area contributed by atoms with E-state index in [-0.39, 0.29) is 5.57 Å². The Morgan fingerprint density at radius 3 is 2.41 bits per heavy atom. The third-order valence-electron chi connectivity index (χ3n) is 4.94. The van der Waals surface area contributed by atoms with Crippen LogP contribution in [0, 0.1) is 25.2 Å². The minimum absolute atomic E-state index is 0.0939. The van der Waals surface area contributed by atoms with Gasteiger partial charge in [0.2, 0.25) is 0 Å². The molecule has 0 aromatic heterocycles. The van der Waals surface area contributed by atoms with Gasteiger partial charge in [0.25, 0.3) is 5.91 Å². The van der Waals surface area contributed by atoms with E-state index in [9.17, 15) is 10.1 Å². The van der Waals surface area contributed by atoms with Crippen molar-refractivity contribution in [3.8, 4) is 17.6 Å². The Balaban J connectivity index is 1.84. The maximum absolute atomic E-state index is 12.7. The number of nitrogens with zero attached hydrogens (tertiary/aromatic N) is 1. The number of carbonyl (C=O) groups is 1. The van der Waals surface area contributed by atoms with E-state index in [0.717, 1.165) is 16.7 Å². The Hall–Kier alpha value is -3.46. The molecular weight excluding hydrogens is 471 g/mol. The van der Waals surface area contributed by atoms with Crippen molar-refractivity contribution in [2.45, 2.75) is 27.4 Å². The molecule has 7 heteroatoms. The van der Waals surface area contributed by atoms with Gasteiger partial charge in [0, 0.05) is 10.7 Å². The summed E-state index contributed by atoms with van der Waals surface area (Å²) in [7, 11) is 0. The Morgan fingerprint density at radius 2 is 1.76 bits per heavy atom. The Kier molecular flexibility index (Phi) is 8.59. The van der Waals surface area contributed by atoms with Gasteiger partial charge in [-0.1, -0.05) is 59.1 Å². The second-order valence-corrected chi connectivity index (χ2v) is 8.44. The number of nitrogens with one attached hydrogen (secondary N) is 1. The van der Waals surface area contributed by atoms with Crippen LogP contribution in [0.5, 0.6) is 11.5 Å². The van der Waals surface area contributed by atoms with E-state index in [0.29, 0.717) is 46.0 Å².